The van der Waals surface area contributed by atoms with Crippen LogP contribution in [0.3, 0.4) is 0 Å². The lowest BCUT2D eigenvalue weighted by Gasteiger charge is -2.39. The second-order valence-corrected chi connectivity index (χ2v) is 7.12. The van der Waals surface area contributed by atoms with E-state index < -0.39 is 17.4 Å². The van der Waals surface area contributed by atoms with Crippen LogP contribution in [0.5, 0.6) is 0 Å². The molecule has 1 aliphatic heterocycles. The van der Waals surface area contributed by atoms with E-state index >= 15 is 0 Å². The van der Waals surface area contributed by atoms with Gasteiger partial charge in [0.15, 0.2) is 0 Å². The standard InChI is InChI=1S/C17H20N4O2S/c18-15(22)17(7-4-8-21(11-17)16(19)23)9-14-20-13(10-24-14)12-5-2-1-3-6-12/h1-3,5-6,10H,4,7-9,11H2,(H2,18,22)(H2,19,23). The van der Waals surface area contributed by atoms with Crippen molar-refractivity contribution in [2.45, 2.75) is 19.3 Å². The smallest absolute Gasteiger partial charge is 0.314 e. The fourth-order valence-electron chi connectivity index (χ4n) is 3.18. The number of carbonyl (C=O) groups excluding carboxylic acids is 2. The molecule has 3 rings (SSSR count). The summed E-state index contributed by atoms with van der Waals surface area (Å²) in [6.45, 7) is 0.829. The van der Waals surface area contributed by atoms with Crippen LogP contribution in [0.1, 0.15) is 17.8 Å². The Hall–Kier alpha value is -2.41. The first-order valence-corrected chi connectivity index (χ1v) is 8.72. The molecule has 1 aromatic carbocycles. The molecule has 6 nitrogen and oxygen atoms in total. The van der Waals surface area contributed by atoms with Crippen molar-refractivity contribution >= 4 is 23.3 Å². The number of thiazole rings is 1. The molecule has 1 saturated heterocycles. The summed E-state index contributed by atoms with van der Waals surface area (Å²) in [6, 6.07) is 9.37. The van der Waals surface area contributed by atoms with Crippen molar-refractivity contribution in [3.05, 3.63) is 40.7 Å². The first kappa shape index (κ1) is 16.4. The minimum atomic E-state index is -0.793. The second kappa shape index (κ2) is 6.60. The van der Waals surface area contributed by atoms with Gasteiger partial charge in [-0.1, -0.05) is 30.3 Å². The van der Waals surface area contributed by atoms with E-state index in [1.807, 2.05) is 35.7 Å². The van der Waals surface area contributed by atoms with Crippen LogP contribution in [-0.4, -0.2) is 34.9 Å². The maximum absolute atomic E-state index is 12.1. The Balaban J connectivity index is 1.83. The fraction of sp³-hybridized carbons (Fsp3) is 0.353. The van der Waals surface area contributed by atoms with Crippen LogP contribution < -0.4 is 11.5 Å². The number of carbonyl (C=O) groups is 2. The molecule has 0 saturated carbocycles. The quantitative estimate of drug-likeness (QED) is 0.886. The molecular weight excluding hydrogens is 324 g/mol. The van der Waals surface area contributed by atoms with Crippen molar-refractivity contribution in [2.24, 2.45) is 16.9 Å². The van der Waals surface area contributed by atoms with Crippen molar-refractivity contribution in [3.8, 4) is 11.3 Å². The summed E-state index contributed by atoms with van der Waals surface area (Å²) in [5, 5.41) is 2.83. The average Bonchev–Trinajstić information content (AvgIpc) is 3.04. The Labute approximate surface area is 144 Å². The number of hydrogen-bond donors (Lipinski definition) is 2. The summed E-state index contributed by atoms with van der Waals surface area (Å²) in [4.78, 5) is 29.8. The van der Waals surface area contributed by atoms with Gasteiger partial charge in [0.1, 0.15) is 0 Å². The molecule has 2 heterocycles. The van der Waals surface area contributed by atoms with Gasteiger partial charge in [-0.15, -0.1) is 11.3 Å². The van der Waals surface area contributed by atoms with Crippen molar-refractivity contribution < 1.29 is 9.59 Å². The van der Waals surface area contributed by atoms with E-state index in [-0.39, 0.29) is 6.54 Å². The minimum Gasteiger partial charge on any atom is -0.369 e. The molecule has 1 unspecified atom stereocenters. The van der Waals surface area contributed by atoms with Crippen molar-refractivity contribution in [1.82, 2.24) is 9.88 Å². The number of nitrogens with two attached hydrogens (primary N) is 2. The van der Waals surface area contributed by atoms with E-state index in [2.05, 4.69) is 4.98 Å². The normalized spacial score (nSPS) is 20.8. The molecule has 3 amide bonds. The topological polar surface area (TPSA) is 102 Å². The van der Waals surface area contributed by atoms with Crippen molar-refractivity contribution in [1.29, 1.82) is 0 Å². The molecule has 2 aromatic rings. The van der Waals surface area contributed by atoms with Crippen LogP contribution in [0, 0.1) is 5.41 Å². The number of amides is 3. The molecule has 1 atom stereocenters. The summed E-state index contributed by atoms with van der Waals surface area (Å²) in [5.41, 5.74) is 12.2. The second-order valence-electron chi connectivity index (χ2n) is 6.18. The molecule has 4 N–H and O–H groups in total. The largest absolute Gasteiger partial charge is 0.369 e. The van der Waals surface area contributed by atoms with E-state index in [0.29, 0.717) is 25.8 Å². The summed E-state index contributed by atoms with van der Waals surface area (Å²) in [7, 11) is 0. The first-order valence-electron chi connectivity index (χ1n) is 7.84. The van der Waals surface area contributed by atoms with Crippen LogP contribution in [0.2, 0.25) is 0 Å². The minimum absolute atomic E-state index is 0.262. The highest BCUT2D eigenvalue weighted by Crippen LogP contribution is 2.35. The fourth-order valence-corrected chi connectivity index (χ4v) is 4.12. The third-order valence-corrected chi connectivity index (χ3v) is 5.37. The number of rotatable bonds is 4. The lowest BCUT2D eigenvalue weighted by molar-refractivity contribution is -0.130. The lowest BCUT2D eigenvalue weighted by atomic mass is 9.76. The van der Waals surface area contributed by atoms with Gasteiger partial charge in [-0.3, -0.25) is 4.79 Å². The van der Waals surface area contributed by atoms with E-state index in [9.17, 15) is 9.59 Å². The van der Waals surface area contributed by atoms with Crippen LogP contribution in [0.15, 0.2) is 35.7 Å². The summed E-state index contributed by atoms with van der Waals surface area (Å²) in [6.07, 6.45) is 1.79. The predicted molar refractivity (Wildman–Crippen MR) is 93.3 cm³/mol. The third kappa shape index (κ3) is 3.26. The Morgan fingerprint density at radius 2 is 2.00 bits per heavy atom. The first-order chi connectivity index (χ1) is 11.5. The molecule has 7 heteroatoms. The van der Waals surface area contributed by atoms with Gasteiger partial charge in [0.25, 0.3) is 0 Å². The van der Waals surface area contributed by atoms with Crippen molar-refractivity contribution in [3.63, 3.8) is 0 Å². The molecule has 1 fully saturated rings. The number of likely N-dealkylation sites (tertiary alicyclic amines) is 1. The van der Waals surface area contributed by atoms with E-state index in [0.717, 1.165) is 16.3 Å². The van der Waals surface area contributed by atoms with Crippen LogP contribution in [0.4, 0.5) is 4.79 Å². The molecule has 1 aromatic heterocycles. The number of piperidine rings is 1. The zero-order chi connectivity index (χ0) is 17.2. The summed E-state index contributed by atoms with van der Waals surface area (Å²) in [5.74, 6) is -0.398. The Kier molecular flexibility index (Phi) is 4.53. The summed E-state index contributed by atoms with van der Waals surface area (Å²) < 4.78 is 0. The van der Waals surface area contributed by atoms with Gasteiger partial charge in [-0.05, 0) is 12.8 Å². The monoisotopic (exact) mass is 344 g/mol. The van der Waals surface area contributed by atoms with Gasteiger partial charge >= 0.3 is 6.03 Å². The van der Waals surface area contributed by atoms with E-state index in [1.165, 1.54) is 16.2 Å². The lowest BCUT2D eigenvalue weighted by Crippen LogP contribution is -2.54. The Morgan fingerprint density at radius 1 is 1.25 bits per heavy atom. The highest BCUT2D eigenvalue weighted by molar-refractivity contribution is 7.10. The number of hydrogen-bond acceptors (Lipinski definition) is 4. The Morgan fingerprint density at radius 3 is 2.67 bits per heavy atom. The molecular formula is C17H20N4O2S. The Bertz CT molecular complexity index is 746. The average molecular weight is 344 g/mol. The molecule has 126 valence electrons. The maximum atomic E-state index is 12.1. The van der Waals surface area contributed by atoms with Crippen LogP contribution >= 0.6 is 11.3 Å². The molecule has 0 radical (unpaired) electrons. The van der Waals surface area contributed by atoms with Gasteiger partial charge in [0, 0.05) is 30.5 Å². The van der Waals surface area contributed by atoms with Crippen LogP contribution in [0.25, 0.3) is 11.3 Å². The third-order valence-electron chi connectivity index (χ3n) is 4.52. The number of benzene rings is 1. The molecule has 24 heavy (non-hydrogen) atoms. The van der Waals surface area contributed by atoms with Gasteiger partial charge in [0.05, 0.1) is 16.1 Å². The van der Waals surface area contributed by atoms with E-state index in [4.69, 9.17) is 11.5 Å². The molecule has 0 aliphatic carbocycles. The van der Waals surface area contributed by atoms with Gasteiger partial charge < -0.3 is 16.4 Å². The number of urea groups is 1. The predicted octanol–water partition coefficient (Wildman–Crippen LogP) is 2.00. The zero-order valence-corrected chi connectivity index (χ0v) is 14.1. The zero-order valence-electron chi connectivity index (χ0n) is 13.3. The molecule has 1 aliphatic rings. The maximum Gasteiger partial charge on any atom is 0.314 e. The molecule has 0 bridgehead atoms. The van der Waals surface area contributed by atoms with Gasteiger partial charge in [0.2, 0.25) is 5.91 Å². The van der Waals surface area contributed by atoms with Crippen molar-refractivity contribution in [2.75, 3.05) is 13.1 Å². The number of primary amides is 2. The highest BCUT2D eigenvalue weighted by Gasteiger charge is 2.42. The highest BCUT2D eigenvalue weighted by atomic mass is 32.1. The number of aromatic nitrogens is 1. The SMILES string of the molecule is NC(=O)N1CCCC(Cc2nc(-c3ccccc3)cs2)(C(N)=O)C1. The molecule has 0 spiro atoms. The van der Waals surface area contributed by atoms with Gasteiger partial charge in [-0.25, -0.2) is 9.78 Å². The van der Waals surface area contributed by atoms with Crippen LogP contribution in [-0.2, 0) is 11.2 Å². The summed E-state index contributed by atoms with van der Waals surface area (Å²) >= 11 is 1.51. The number of nitrogens with zero attached hydrogens (tertiary/aromatic N) is 2. The van der Waals surface area contributed by atoms with E-state index in [1.54, 1.807) is 0 Å². The van der Waals surface area contributed by atoms with Gasteiger partial charge in [-0.2, -0.15) is 0 Å².